The second-order valence-corrected chi connectivity index (χ2v) is 11.3. The Bertz CT molecular complexity index is 1160. The van der Waals surface area contributed by atoms with Gasteiger partial charge in [0.15, 0.2) is 0 Å². The molecule has 0 aliphatic rings. The Morgan fingerprint density at radius 2 is 1.67 bits per heavy atom. The number of carboxylic acid groups (broad SMARTS) is 1. The molecule has 3 N–H and O–H groups in total. The lowest BCUT2D eigenvalue weighted by atomic mass is 9.76. The average molecular weight is 499 g/mol. The highest BCUT2D eigenvalue weighted by molar-refractivity contribution is 5.93. The highest BCUT2D eigenvalue weighted by Gasteiger charge is 2.42. The van der Waals surface area contributed by atoms with Gasteiger partial charge in [-0.05, 0) is 37.9 Å². The highest BCUT2D eigenvalue weighted by atomic mass is 16.4. The minimum absolute atomic E-state index is 0.158. The first-order valence-electron chi connectivity index (χ1n) is 12.2. The van der Waals surface area contributed by atoms with E-state index in [4.69, 9.17) is 0 Å². The summed E-state index contributed by atoms with van der Waals surface area (Å²) in [6.45, 7) is 13.0. The van der Waals surface area contributed by atoms with Crippen LogP contribution in [0.5, 0.6) is 0 Å². The minimum Gasteiger partial charge on any atom is -0.478 e. The van der Waals surface area contributed by atoms with Gasteiger partial charge in [-0.3, -0.25) is 9.59 Å². The van der Waals surface area contributed by atoms with Crippen molar-refractivity contribution in [3.63, 3.8) is 0 Å². The molecule has 2 amide bonds. The summed E-state index contributed by atoms with van der Waals surface area (Å²) in [5.74, 6) is -1.59. The maximum absolute atomic E-state index is 13.7. The van der Waals surface area contributed by atoms with Crippen LogP contribution in [0.3, 0.4) is 0 Å². The Morgan fingerprint density at radius 1 is 1.08 bits per heavy atom. The van der Waals surface area contributed by atoms with Crippen molar-refractivity contribution >= 4 is 28.7 Å². The molecule has 0 unspecified atom stereocenters. The summed E-state index contributed by atoms with van der Waals surface area (Å²) in [7, 11) is 5.36. The number of aliphatic carboxylic acids is 1. The largest absolute Gasteiger partial charge is 0.478 e. The number of hydrogen-bond acceptors (Lipinski definition) is 4. The third-order valence-corrected chi connectivity index (χ3v) is 7.05. The second kappa shape index (κ2) is 10.9. The number of hydrogen-bond donors (Lipinski definition) is 3. The fourth-order valence-electron chi connectivity index (χ4n) is 4.65. The molecule has 0 radical (unpaired) electrons. The van der Waals surface area contributed by atoms with Gasteiger partial charge >= 0.3 is 5.97 Å². The topological polar surface area (TPSA) is 104 Å². The maximum Gasteiger partial charge on any atom is 0.331 e. The van der Waals surface area contributed by atoms with Crippen LogP contribution >= 0.6 is 0 Å². The van der Waals surface area contributed by atoms with E-state index in [1.807, 2.05) is 53.8 Å². The monoisotopic (exact) mass is 498 g/mol. The molecule has 0 aliphatic carbocycles. The van der Waals surface area contributed by atoms with Crippen molar-refractivity contribution in [2.75, 3.05) is 14.1 Å². The smallest absolute Gasteiger partial charge is 0.331 e. The summed E-state index contributed by atoms with van der Waals surface area (Å²) in [6, 6.07) is 6.21. The quantitative estimate of drug-likeness (QED) is 0.460. The number of likely N-dealkylation sites (N-methyl/N-ethyl adjacent to an activating group) is 2. The Morgan fingerprint density at radius 3 is 2.19 bits per heavy atom. The lowest BCUT2D eigenvalue weighted by Crippen LogP contribution is -2.61. The molecule has 2 rings (SSSR count). The molecule has 0 bridgehead atoms. The number of carbonyl (C=O) groups is 3. The first-order valence-corrected chi connectivity index (χ1v) is 12.2. The number of fused-ring (bicyclic) bond motifs is 1. The van der Waals surface area contributed by atoms with Crippen molar-refractivity contribution in [2.24, 2.45) is 12.5 Å². The van der Waals surface area contributed by atoms with E-state index in [0.717, 1.165) is 16.5 Å². The molecule has 0 saturated heterocycles. The van der Waals surface area contributed by atoms with E-state index in [9.17, 15) is 19.5 Å². The summed E-state index contributed by atoms with van der Waals surface area (Å²) in [4.78, 5) is 40.0. The van der Waals surface area contributed by atoms with Crippen LogP contribution in [0.25, 0.3) is 10.9 Å². The normalized spacial score (nSPS) is 15.3. The van der Waals surface area contributed by atoms with E-state index in [1.54, 1.807) is 21.0 Å². The standard InChI is InChI=1S/C28H42N4O4/c1-17(26(35)36)15-18(2)32(10)25(34)23(27(3,4)5)30-24(33)22(29-8)28(6,7)20-16-31(9)21-14-12-11-13-19(20)21/h11-16,18,22-23,29H,1-10H3,(H,30,33)(H,35,36)/b17-15+/t18-,22-,23-/m1/s1. The fourth-order valence-corrected chi connectivity index (χ4v) is 4.65. The van der Waals surface area contributed by atoms with Crippen molar-refractivity contribution in [1.82, 2.24) is 20.1 Å². The number of para-hydroxylation sites is 1. The lowest BCUT2D eigenvalue weighted by molar-refractivity contribution is -0.140. The van der Waals surface area contributed by atoms with Gasteiger partial charge in [0.25, 0.3) is 0 Å². The first kappa shape index (κ1) is 29.1. The van der Waals surface area contributed by atoms with E-state index in [1.165, 1.54) is 17.9 Å². The summed E-state index contributed by atoms with van der Waals surface area (Å²) in [5.41, 5.74) is 1.11. The maximum atomic E-state index is 13.7. The van der Waals surface area contributed by atoms with Crippen molar-refractivity contribution in [2.45, 2.75) is 72.0 Å². The van der Waals surface area contributed by atoms with Gasteiger partial charge in [0.1, 0.15) is 6.04 Å². The van der Waals surface area contributed by atoms with Crippen molar-refractivity contribution in [3.05, 3.63) is 47.7 Å². The molecule has 1 aromatic heterocycles. The lowest BCUT2D eigenvalue weighted by Gasteiger charge is -2.38. The van der Waals surface area contributed by atoms with Crippen molar-refractivity contribution in [3.8, 4) is 0 Å². The summed E-state index contributed by atoms with van der Waals surface area (Å²) >= 11 is 0. The number of nitrogens with zero attached hydrogens (tertiary/aromatic N) is 2. The van der Waals surface area contributed by atoms with Crippen LogP contribution in [0.1, 0.15) is 54.0 Å². The van der Waals surface area contributed by atoms with E-state index >= 15 is 0 Å². The molecule has 36 heavy (non-hydrogen) atoms. The third kappa shape index (κ3) is 5.98. The zero-order chi connectivity index (χ0) is 27.6. The van der Waals surface area contributed by atoms with Gasteiger partial charge in [-0.25, -0.2) is 4.79 Å². The molecule has 0 fully saturated rings. The number of aromatic nitrogens is 1. The Labute approximate surface area is 214 Å². The third-order valence-electron chi connectivity index (χ3n) is 7.05. The fraction of sp³-hybridized carbons (Fsp3) is 0.536. The van der Waals surface area contributed by atoms with Gasteiger partial charge in [-0.15, -0.1) is 0 Å². The zero-order valence-electron chi connectivity index (χ0n) is 23.3. The minimum atomic E-state index is -1.03. The number of rotatable bonds is 9. The van der Waals surface area contributed by atoms with E-state index in [0.29, 0.717) is 0 Å². The summed E-state index contributed by atoms with van der Waals surface area (Å²) < 4.78 is 2.06. The highest BCUT2D eigenvalue weighted by Crippen LogP contribution is 2.35. The molecular weight excluding hydrogens is 456 g/mol. The van der Waals surface area contributed by atoms with Crippen LogP contribution in [-0.2, 0) is 26.8 Å². The molecule has 2 aromatic rings. The molecule has 3 atom stereocenters. The van der Waals surface area contributed by atoms with Gasteiger partial charge in [-0.1, -0.05) is 58.9 Å². The second-order valence-electron chi connectivity index (χ2n) is 11.3. The number of aryl methyl sites for hydroxylation is 1. The number of benzene rings is 1. The molecule has 198 valence electrons. The van der Waals surface area contributed by atoms with Crippen LogP contribution in [-0.4, -0.2) is 64.6 Å². The number of carboxylic acids is 1. The predicted octanol–water partition coefficient (Wildman–Crippen LogP) is 3.45. The van der Waals surface area contributed by atoms with Gasteiger partial charge in [0.05, 0.1) is 6.04 Å². The van der Waals surface area contributed by atoms with E-state index in [-0.39, 0.29) is 17.4 Å². The molecule has 0 aliphatic heterocycles. The Hall–Kier alpha value is -3.13. The molecular formula is C28H42N4O4. The van der Waals surface area contributed by atoms with E-state index < -0.39 is 34.9 Å². The Kier molecular flexibility index (Phi) is 8.78. The number of amides is 2. The zero-order valence-corrected chi connectivity index (χ0v) is 23.3. The molecule has 0 saturated carbocycles. The summed E-state index contributed by atoms with van der Waals surface area (Å²) in [6.07, 6.45) is 3.59. The van der Waals surface area contributed by atoms with Crippen LogP contribution in [0.2, 0.25) is 0 Å². The predicted molar refractivity (Wildman–Crippen MR) is 144 cm³/mol. The van der Waals surface area contributed by atoms with E-state index in [2.05, 4.69) is 33.5 Å². The van der Waals surface area contributed by atoms with Gasteiger partial charge < -0.3 is 25.2 Å². The van der Waals surface area contributed by atoms with Crippen LogP contribution < -0.4 is 10.6 Å². The Balaban J connectivity index is 2.38. The summed E-state index contributed by atoms with van der Waals surface area (Å²) in [5, 5.41) is 16.5. The average Bonchev–Trinajstić information content (AvgIpc) is 3.13. The van der Waals surface area contributed by atoms with Gasteiger partial charge in [0, 0.05) is 48.2 Å². The SMILES string of the molecule is CN[C@H](C(=O)N[C@H](C(=O)N(C)[C@H](C)/C=C(\C)C(=O)O)C(C)(C)C)C(C)(C)c1cn(C)c2ccccc12. The van der Waals surface area contributed by atoms with Crippen LogP contribution in [0.4, 0.5) is 0 Å². The first-order chi connectivity index (χ1) is 16.5. The van der Waals surface area contributed by atoms with Crippen LogP contribution in [0.15, 0.2) is 42.1 Å². The molecule has 8 nitrogen and oxygen atoms in total. The van der Waals surface area contributed by atoms with Crippen LogP contribution in [0, 0.1) is 5.41 Å². The molecule has 1 heterocycles. The molecule has 1 aromatic carbocycles. The van der Waals surface area contributed by atoms with Crippen molar-refractivity contribution in [1.29, 1.82) is 0 Å². The van der Waals surface area contributed by atoms with Gasteiger partial charge in [-0.2, -0.15) is 0 Å². The van der Waals surface area contributed by atoms with Crippen molar-refractivity contribution < 1.29 is 19.5 Å². The van der Waals surface area contributed by atoms with Gasteiger partial charge in [0.2, 0.25) is 11.8 Å². The molecule has 8 heteroatoms. The molecule has 0 spiro atoms. The number of nitrogens with one attached hydrogen (secondary N) is 2. The number of carbonyl (C=O) groups excluding carboxylic acids is 2.